The number of rotatable bonds is 8. The van der Waals surface area contributed by atoms with Crippen molar-refractivity contribution in [3.63, 3.8) is 0 Å². The summed E-state index contributed by atoms with van der Waals surface area (Å²) in [6, 6.07) is 18.6. The Morgan fingerprint density at radius 2 is 1.80 bits per heavy atom. The molecule has 55 heavy (non-hydrogen) atoms. The first-order chi connectivity index (χ1) is 26.6. The van der Waals surface area contributed by atoms with E-state index in [0.717, 1.165) is 82.5 Å². The molecule has 13 heteroatoms. The van der Waals surface area contributed by atoms with Crippen LogP contribution in [0.25, 0.3) is 44.7 Å². The van der Waals surface area contributed by atoms with Crippen LogP contribution >= 0.6 is 0 Å². The van der Waals surface area contributed by atoms with Crippen LogP contribution in [0.3, 0.4) is 0 Å². The number of carboxylic acids is 1. The number of hydrogen-bond acceptors (Lipinski definition) is 12. The van der Waals surface area contributed by atoms with Gasteiger partial charge in [-0.15, -0.1) is 0 Å². The zero-order chi connectivity index (χ0) is 38.0. The first kappa shape index (κ1) is 34.8. The van der Waals surface area contributed by atoms with E-state index in [1.54, 1.807) is 0 Å². The fourth-order valence-corrected chi connectivity index (χ4v) is 8.83. The average molecular weight is 736 g/mol. The second-order valence-corrected chi connectivity index (χ2v) is 15.1. The largest absolute Gasteiger partial charge is 0.481 e. The Balaban J connectivity index is 1.02. The first-order valence-corrected chi connectivity index (χ1v) is 18.8. The van der Waals surface area contributed by atoms with Crippen molar-refractivity contribution in [3.8, 4) is 28.7 Å². The van der Waals surface area contributed by atoms with E-state index >= 15 is 0 Å². The number of aromatic nitrogens is 4. The van der Waals surface area contributed by atoms with E-state index in [2.05, 4.69) is 57.1 Å². The van der Waals surface area contributed by atoms with Crippen molar-refractivity contribution in [1.29, 1.82) is 5.26 Å². The number of fused-ring (bicyclic) bond motifs is 3. The van der Waals surface area contributed by atoms with E-state index < -0.39 is 5.97 Å². The minimum absolute atomic E-state index is 0.0607. The molecule has 2 saturated heterocycles. The summed E-state index contributed by atoms with van der Waals surface area (Å²) < 4.78 is 6.43. The van der Waals surface area contributed by atoms with Gasteiger partial charge in [-0.2, -0.15) is 10.2 Å². The lowest BCUT2D eigenvalue weighted by Gasteiger charge is -2.24. The molecule has 3 atom stereocenters. The highest BCUT2D eigenvalue weighted by Gasteiger charge is 2.37. The molecular formula is C42H41N9O4. The Hall–Kier alpha value is -5.94. The number of carboxylic acid groups (broad SMARTS) is 1. The maximum absolute atomic E-state index is 11.7. The van der Waals surface area contributed by atoms with E-state index in [0.29, 0.717) is 65.5 Å². The van der Waals surface area contributed by atoms with Crippen LogP contribution in [0, 0.1) is 31.1 Å². The highest BCUT2D eigenvalue weighted by Crippen LogP contribution is 2.44. The van der Waals surface area contributed by atoms with Gasteiger partial charge >= 0.3 is 5.97 Å². The third kappa shape index (κ3) is 6.22. The molecule has 13 nitrogen and oxygen atoms in total. The Morgan fingerprint density at radius 3 is 2.56 bits per heavy atom. The van der Waals surface area contributed by atoms with Gasteiger partial charge in [-0.05, 0) is 109 Å². The molecule has 278 valence electrons. The van der Waals surface area contributed by atoms with Crippen molar-refractivity contribution < 1.29 is 19.4 Å². The number of aliphatic carboxylic acids is 1. The summed E-state index contributed by atoms with van der Waals surface area (Å²) in [5.41, 5.74) is 17.8. The molecule has 0 radical (unpaired) electrons. The Labute approximate surface area is 317 Å². The molecule has 1 aliphatic carbocycles. The molecule has 3 aromatic heterocycles. The Bertz CT molecular complexity index is 2560. The molecule has 0 saturated carbocycles. The maximum Gasteiger partial charge on any atom is 0.307 e. The molecule has 2 fully saturated rings. The number of aliphatic hydroxyl groups is 1. The van der Waals surface area contributed by atoms with Gasteiger partial charge in [-0.3, -0.25) is 19.6 Å². The topological polar surface area (TPSA) is 191 Å². The van der Waals surface area contributed by atoms with Crippen LogP contribution in [0.15, 0.2) is 59.1 Å². The van der Waals surface area contributed by atoms with Gasteiger partial charge in [0.15, 0.2) is 11.4 Å². The average Bonchev–Trinajstić information content (AvgIpc) is 3.98. The number of oxazole rings is 1. The first-order valence-electron chi connectivity index (χ1n) is 18.8. The van der Waals surface area contributed by atoms with Gasteiger partial charge in [-0.1, -0.05) is 24.3 Å². The molecule has 6 aromatic rings. The zero-order valence-electron chi connectivity index (χ0n) is 30.7. The zero-order valence-corrected chi connectivity index (χ0v) is 30.7. The van der Waals surface area contributed by atoms with Crippen LogP contribution in [0.1, 0.15) is 58.7 Å². The van der Waals surface area contributed by atoms with Crippen molar-refractivity contribution >= 4 is 45.6 Å². The van der Waals surface area contributed by atoms with Crippen molar-refractivity contribution in [2.45, 2.75) is 58.2 Å². The number of hydrogen-bond donors (Lipinski definition) is 4. The monoisotopic (exact) mass is 735 g/mol. The molecule has 5 heterocycles. The molecule has 0 spiro atoms. The SMILES string of the molecule is Cc1c(Nc2nc(N)nc3cc(CN4CC[C@@H](O)C4)cnc23)cccc1-c1cccc(-c2nc3cc4c(c(C#N)c3o2)CC[C@H]4N2CC[C@@H](C(=O)O)C2)c1C. The quantitative estimate of drug-likeness (QED) is 0.137. The van der Waals surface area contributed by atoms with Gasteiger partial charge in [0.1, 0.15) is 22.7 Å². The minimum Gasteiger partial charge on any atom is -0.481 e. The molecule has 2 aliphatic heterocycles. The van der Waals surface area contributed by atoms with Crippen molar-refractivity contribution in [3.05, 3.63) is 88.1 Å². The van der Waals surface area contributed by atoms with Crippen LogP contribution in [-0.2, 0) is 17.8 Å². The van der Waals surface area contributed by atoms with Crippen molar-refractivity contribution in [2.24, 2.45) is 5.92 Å². The lowest BCUT2D eigenvalue weighted by Crippen LogP contribution is -2.26. The molecule has 9 rings (SSSR count). The van der Waals surface area contributed by atoms with Crippen LogP contribution < -0.4 is 11.1 Å². The second-order valence-electron chi connectivity index (χ2n) is 15.1. The summed E-state index contributed by atoms with van der Waals surface area (Å²) in [5, 5.41) is 33.4. The van der Waals surface area contributed by atoms with Crippen LogP contribution in [0.4, 0.5) is 17.5 Å². The molecule has 5 N–H and O–H groups in total. The number of likely N-dealkylation sites (tertiary alicyclic amines) is 2. The number of nitrogens with one attached hydrogen (secondary N) is 1. The van der Waals surface area contributed by atoms with Gasteiger partial charge in [0.05, 0.1) is 17.5 Å². The number of β-amino-alcohol motifs (C(OH)–C–C–N with tert-alkyl or cyclic N) is 1. The minimum atomic E-state index is -0.752. The van der Waals surface area contributed by atoms with E-state index in [-0.39, 0.29) is 24.0 Å². The number of aliphatic hydroxyl groups excluding tert-OH is 1. The van der Waals surface area contributed by atoms with Gasteiger partial charge in [0.2, 0.25) is 11.8 Å². The number of nitriles is 1. The number of nitrogens with zero attached hydrogens (tertiary/aromatic N) is 7. The summed E-state index contributed by atoms with van der Waals surface area (Å²) in [4.78, 5) is 34.8. The van der Waals surface area contributed by atoms with E-state index in [1.165, 1.54) is 0 Å². The number of anilines is 3. The molecule has 0 unspecified atom stereocenters. The summed E-state index contributed by atoms with van der Waals surface area (Å²) in [6.07, 6.45) is 4.52. The fraction of sp³-hybridized carbons (Fsp3) is 0.333. The number of benzene rings is 3. The lowest BCUT2D eigenvalue weighted by molar-refractivity contribution is -0.141. The Morgan fingerprint density at radius 1 is 1.00 bits per heavy atom. The van der Waals surface area contributed by atoms with E-state index in [4.69, 9.17) is 20.1 Å². The van der Waals surface area contributed by atoms with Crippen LogP contribution in [0.5, 0.6) is 0 Å². The van der Waals surface area contributed by atoms with Crippen LogP contribution in [0.2, 0.25) is 0 Å². The number of nitrogen functional groups attached to an aromatic ring is 1. The molecular weight excluding hydrogens is 695 g/mol. The predicted octanol–water partition coefficient (Wildman–Crippen LogP) is 6.27. The number of carbonyl (C=O) groups is 1. The third-order valence-corrected chi connectivity index (χ3v) is 11.7. The summed E-state index contributed by atoms with van der Waals surface area (Å²) in [6.45, 7) is 7.50. The number of nitrogens with two attached hydrogens (primary N) is 1. The summed E-state index contributed by atoms with van der Waals surface area (Å²) >= 11 is 0. The van der Waals surface area contributed by atoms with Crippen LogP contribution in [-0.4, -0.2) is 78.2 Å². The summed E-state index contributed by atoms with van der Waals surface area (Å²) in [5.74, 6) is -0.0189. The van der Waals surface area contributed by atoms with E-state index in [9.17, 15) is 20.3 Å². The normalized spacial score (nSPS) is 20.0. The smallest absolute Gasteiger partial charge is 0.307 e. The molecule has 0 amide bonds. The Kier molecular flexibility index (Phi) is 8.69. The standard InChI is InChI=1S/C42H41N9O4/c1-22-27(28-6-4-8-33(23(28)2)46-39-37-34(48-42(44)49-39)15-24(18-45-37)19-50-13-12-26(52)21-50)5-3-7-29(22)40-47-35-16-31-30(32(17-43)38(35)55-40)9-10-36(31)51-14-11-25(20-51)41(53)54/h3-8,15-16,18,25-26,36,52H,9-14,19-21H2,1-2H3,(H,53,54)(H3,44,46,48,49)/t25-,26-,36-/m1/s1. The third-order valence-electron chi connectivity index (χ3n) is 11.7. The highest BCUT2D eigenvalue weighted by atomic mass is 16.4. The van der Waals surface area contributed by atoms with Gasteiger partial charge < -0.3 is 25.7 Å². The second kappa shape index (κ2) is 13.7. The summed E-state index contributed by atoms with van der Waals surface area (Å²) in [7, 11) is 0. The van der Waals surface area contributed by atoms with Gasteiger partial charge in [0, 0.05) is 49.7 Å². The molecule has 3 aliphatic rings. The number of pyridine rings is 1. The molecule has 0 bridgehead atoms. The van der Waals surface area contributed by atoms with E-state index in [1.807, 2.05) is 42.6 Å². The predicted molar refractivity (Wildman–Crippen MR) is 208 cm³/mol. The van der Waals surface area contributed by atoms with Crippen molar-refractivity contribution in [2.75, 3.05) is 37.2 Å². The van der Waals surface area contributed by atoms with Gasteiger partial charge in [0.25, 0.3) is 0 Å². The highest BCUT2D eigenvalue weighted by molar-refractivity contribution is 5.90. The fourth-order valence-electron chi connectivity index (χ4n) is 8.83. The van der Waals surface area contributed by atoms with Crippen molar-refractivity contribution in [1.82, 2.24) is 29.7 Å². The molecule has 3 aromatic carbocycles. The lowest BCUT2D eigenvalue weighted by atomic mass is 9.93. The maximum atomic E-state index is 11.7. The van der Waals surface area contributed by atoms with Gasteiger partial charge in [-0.25, -0.2) is 9.97 Å².